The minimum atomic E-state index is -0.631. The van der Waals surface area contributed by atoms with Gasteiger partial charge in [-0.2, -0.15) is 0 Å². The molecule has 0 aliphatic carbocycles. The second-order valence-corrected chi connectivity index (χ2v) is 7.36. The molecule has 7 heteroatoms. The number of nitrogens with zero attached hydrogens (tertiary/aromatic N) is 2. The number of nitrogens with one attached hydrogen (secondary N) is 2. The number of aromatic nitrogens is 1. The second kappa shape index (κ2) is 8.61. The average Bonchev–Trinajstić information content (AvgIpc) is 2.71. The number of benzene rings is 1. The van der Waals surface area contributed by atoms with Gasteiger partial charge >= 0.3 is 0 Å². The third kappa shape index (κ3) is 4.12. The van der Waals surface area contributed by atoms with Crippen LogP contribution >= 0.6 is 11.6 Å². The Kier molecular flexibility index (Phi) is 6.19. The van der Waals surface area contributed by atoms with E-state index in [1.54, 1.807) is 6.20 Å². The molecule has 1 fully saturated rings. The van der Waals surface area contributed by atoms with Crippen molar-refractivity contribution in [2.75, 3.05) is 29.9 Å². The van der Waals surface area contributed by atoms with E-state index in [1.165, 1.54) is 0 Å². The van der Waals surface area contributed by atoms with Crippen LogP contribution in [0.3, 0.4) is 0 Å². The number of hydrogen-bond acceptors (Lipinski definition) is 4. The Labute approximate surface area is 170 Å². The van der Waals surface area contributed by atoms with Gasteiger partial charge in [-0.05, 0) is 42.7 Å². The van der Waals surface area contributed by atoms with Gasteiger partial charge in [0, 0.05) is 18.1 Å². The van der Waals surface area contributed by atoms with Crippen LogP contribution in [-0.2, 0) is 15.0 Å². The van der Waals surface area contributed by atoms with Gasteiger partial charge in [-0.25, -0.2) is 4.98 Å². The molecule has 0 spiro atoms. The van der Waals surface area contributed by atoms with Crippen molar-refractivity contribution in [1.82, 2.24) is 10.3 Å². The molecule has 0 saturated carbocycles. The van der Waals surface area contributed by atoms with Crippen molar-refractivity contribution < 1.29 is 9.59 Å². The van der Waals surface area contributed by atoms with Crippen molar-refractivity contribution in [3.63, 3.8) is 0 Å². The van der Waals surface area contributed by atoms with E-state index >= 15 is 0 Å². The van der Waals surface area contributed by atoms with Crippen LogP contribution in [0.4, 0.5) is 11.5 Å². The molecule has 148 valence electrons. The largest absolute Gasteiger partial charge is 0.353 e. The van der Waals surface area contributed by atoms with E-state index in [0.717, 1.165) is 17.9 Å². The molecule has 3 rings (SSSR count). The van der Waals surface area contributed by atoms with Crippen molar-refractivity contribution in [3.05, 3.63) is 53.2 Å². The van der Waals surface area contributed by atoms with Crippen LogP contribution in [0.5, 0.6) is 0 Å². The van der Waals surface area contributed by atoms with Gasteiger partial charge in [0.15, 0.2) is 0 Å². The molecule has 1 saturated heterocycles. The first-order chi connectivity index (χ1) is 13.5. The highest BCUT2D eigenvalue weighted by Gasteiger charge is 2.36. The molecule has 2 amide bonds. The average molecular weight is 401 g/mol. The van der Waals surface area contributed by atoms with Crippen molar-refractivity contribution in [3.8, 4) is 0 Å². The predicted octanol–water partition coefficient (Wildman–Crippen LogP) is 3.37. The third-order valence-corrected chi connectivity index (χ3v) is 5.66. The van der Waals surface area contributed by atoms with Crippen LogP contribution in [0.25, 0.3) is 0 Å². The first kappa shape index (κ1) is 20.1. The molecule has 0 bridgehead atoms. The standard InChI is InChI=1S/C21H25ClN4O2/c1-3-21(4-2,15-5-7-16(22)8-6-15)20(28)25-17-9-10-18(24-13-17)26-12-11-23-19(27)14-26/h5-10,13H,3-4,11-12,14H2,1-2H3,(H,23,27)(H,25,28). The summed E-state index contributed by atoms with van der Waals surface area (Å²) in [5.41, 5.74) is 0.951. The monoisotopic (exact) mass is 400 g/mol. The van der Waals surface area contributed by atoms with Gasteiger partial charge < -0.3 is 15.5 Å². The third-order valence-electron chi connectivity index (χ3n) is 5.41. The van der Waals surface area contributed by atoms with Gasteiger partial charge in [0.1, 0.15) is 5.82 Å². The quantitative estimate of drug-likeness (QED) is 0.779. The Morgan fingerprint density at radius 2 is 1.93 bits per heavy atom. The summed E-state index contributed by atoms with van der Waals surface area (Å²) in [5.74, 6) is 0.651. The zero-order chi connectivity index (χ0) is 20.1. The molecule has 2 N–H and O–H groups in total. The zero-order valence-electron chi connectivity index (χ0n) is 16.2. The Bertz CT molecular complexity index is 832. The Morgan fingerprint density at radius 1 is 1.21 bits per heavy atom. The number of piperazine rings is 1. The summed E-state index contributed by atoms with van der Waals surface area (Å²) in [5, 5.41) is 6.45. The lowest BCUT2D eigenvalue weighted by molar-refractivity contribution is -0.122. The molecule has 1 aliphatic heterocycles. The maximum Gasteiger partial charge on any atom is 0.239 e. The van der Waals surface area contributed by atoms with Gasteiger partial charge in [-0.15, -0.1) is 0 Å². The van der Waals surface area contributed by atoms with Crippen LogP contribution in [0, 0.1) is 0 Å². The van der Waals surface area contributed by atoms with E-state index in [1.807, 2.05) is 55.1 Å². The highest BCUT2D eigenvalue weighted by atomic mass is 35.5. The summed E-state index contributed by atoms with van der Waals surface area (Å²) in [6.45, 7) is 5.65. The number of hydrogen-bond donors (Lipinski definition) is 2. The van der Waals surface area contributed by atoms with E-state index in [4.69, 9.17) is 11.6 Å². The minimum absolute atomic E-state index is 0.0101. The number of halogens is 1. The van der Waals surface area contributed by atoms with Crippen molar-refractivity contribution >= 4 is 34.9 Å². The lowest BCUT2D eigenvalue weighted by Crippen LogP contribution is -2.48. The highest BCUT2D eigenvalue weighted by molar-refractivity contribution is 6.30. The van der Waals surface area contributed by atoms with Crippen molar-refractivity contribution in [2.24, 2.45) is 0 Å². The number of carbonyl (C=O) groups is 2. The van der Waals surface area contributed by atoms with Crippen molar-refractivity contribution in [1.29, 1.82) is 0 Å². The van der Waals surface area contributed by atoms with E-state index < -0.39 is 5.41 Å². The first-order valence-corrected chi connectivity index (χ1v) is 9.91. The topological polar surface area (TPSA) is 74.3 Å². The summed E-state index contributed by atoms with van der Waals surface area (Å²) in [6.07, 6.45) is 2.98. The number of carbonyl (C=O) groups excluding carboxylic acids is 2. The fourth-order valence-corrected chi connectivity index (χ4v) is 3.74. The Morgan fingerprint density at radius 3 is 2.50 bits per heavy atom. The van der Waals surface area contributed by atoms with Gasteiger partial charge in [-0.1, -0.05) is 37.6 Å². The molecular formula is C21H25ClN4O2. The van der Waals surface area contributed by atoms with Crippen LogP contribution in [0.15, 0.2) is 42.6 Å². The molecule has 1 aromatic heterocycles. The van der Waals surface area contributed by atoms with Gasteiger partial charge in [0.25, 0.3) is 0 Å². The van der Waals surface area contributed by atoms with E-state index in [-0.39, 0.29) is 11.8 Å². The molecule has 2 aromatic rings. The number of anilines is 2. The second-order valence-electron chi connectivity index (χ2n) is 6.93. The highest BCUT2D eigenvalue weighted by Crippen LogP contribution is 2.34. The number of amides is 2. The molecular weight excluding hydrogens is 376 g/mol. The number of pyridine rings is 1. The normalized spacial score (nSPS) is 14.5. The van der Waals surface area contributed by atoms with Gasteiger partial charge in [-0.3, -0.25) is 9.59 Å². The lowest BCUT2D eigenvalue weighted by atomic mass is 9.75. The predicted molar refractivity (Wildman–Crippen MR) is 112 cm³/mol. The minimum Gasteiger partial charge on any atom is -0.353 e. The Hall–Kier alpha value is -2.60. The summed E-state index contributed by atoms with van der Waals surface area (Å²) < 4.78 is 0. The molecule has 0 unspecified atom stereocenters. The zero-order valence-corrected chi connectivity index (χ0v) is 16.9. The molecule has 1 aliphatic rings. The van der Waals surface area contributed by atoms with Gasteiger partial charge in [0.2, 0.25) is 11.8 Å². The molecule has 1 aromatic carbocycles. The molecule has 28 heavy (non-hydrogen) atoms. The number of rotatable bonds is 6. The SMILES string of the molecule is CCC(CC)(C(=O)Nc1ccc(N2CCNC(=O)C2)nc1)c1ccc(Cl)cc1. The van der Waals surface area contributed by atoms with E-state index in [9.17, 15) is 9.59 Å². The summed E-state index contributed by atoms with van der Waals surface area (Å²) in [7, 11) is 0. The van der Waals surface area contributed by atoms with Crippen molar-refractivity contribution in [2.45, 2.75) is 32.1 Å². The van der Waals surface area contributed by atoms with Gasteiger partial charge in [0.05, 0.1) is 23.8 Å². The molecule has 6 nitrogen and oxygen atoms in total. The van der Waals surface area contributed by atoms with Crippen LogP contribution in [0.2, 0.25) is 5.02 Å². The Balaban J connectivity index is 1.76. The van der Waals surface area contributed by atoms with Crippen LogP contribution in [-0.4, -0.2) is 36.4 Å². The van der Waals surface area contributed by atoms with Crippen LogP contribution in [0.1, 0.15) is 32.3 Å². The fourth-order valence-electron chi connectivity index (χ4n) is 3.61. The van der Waals surface area contributed by atoms with E-state index in [2.05, 4.69) is 15.6 Å². The maximum atomic E-state index is 13.2. The molecule has 2 heterocycles. The molecule has 0 atom stereocenters. The first-order valence-electron chi connectivity index (χ1n) is 9.53. The summed E-state index contributed by atoms with van der Waals surface area (Å²) in [4.78, 5) is 31.1. The summed E-state index contributed by atoms with van der Waals surface area (Å²) in [6, 6.07) is 11.1. The smallest absolute Gasteiger partial charge is 0.239 e. The van der Waals surface area contributed by atoms with E-state index in [0.29, 0.717) is 36.6 Å². The fraction of sp³-hybridized carbons (Fsp3) is 0.381. The van der Waals surface area contributed by atoms with Crippen LogP contribution < -0.4 is 15.5 Å². The summed E-state index contributed by atoms with van der Waals surface area (Å²) >= 11 is 6.01. The lowest BCUT2D eigenvalue weighted by Gasteiger charge is -2.31. The molecule has 0 radical (unpaired) electrons. The maximum absolute atomic E-state index is 13.2.